The van der Waals surface area contributed by atoms with Gasteiger partial charge in [-0.2, -0.15) is 0 Å². The molecule has 0 aliphatic carbocycles. The van der Waals surface area contributed by atoms with Gasteiger partial charge in [-0.1, -0.05) is 13.8 Å². The van der Waals surface area contributed by atoms with Crippen LogP contribution in [0.5, 0.6) is 0 Å². The molecule has 4 fully saturated rings. The minimum absolute atomic E-state index is 0.523. The Kier molecular flexibility index (Phi) is 1.37. The van der Waals surface area contributed by atoms with Crippen LogP contribution in [0.2, 0.25) is 0 Å². The van der Waals surface area contributed by atoms with Crippen molar-refractivity contribution in [2.75, 3.05) is 0 Å². The fraction of sp³-hybridized carbons (Fsp3) is 1.00. The highest BCUT2D eigenvalue weighted by atomic mass is 16.5. The van der Waals surface area contributed by atoms with Crippen LogP contribution < -0.4 is 0 Å². The number of rotatable bonds is 0. The van der Waals surface area contributed by atoms with E-state index in [9.17, 15) is 0 Å². The van der Waals surface area contributed by atoms with Crippen molar-refractivity contribution in [1.29, 1.82) is 0 Å². The second kappa shape index (κ2) is 2.35. The van der Waals surface area contributed by atoms with Crippen LogP contribution >= 0.6 is 0 Å². The van der Waals surface area contributed by atoms with E-state index in [-0.39, 0.29) is 0 Å². The summed E-state index contributed by atoms with van der Waals surface area (Å²) < 4.78 is 12.2. The van der Waals surface area contributed by atoms with Crippen molar-refractivity contribution in [3.63, 3.8) is 0 Å². The molecule has 2 heteroatoms. The zero-order valence-corrected chi connectivity index (χ0v) is 8.85. The molecule has 0 aromatic heterocycles. The summed E-state index contributed by atoms with van der Waals surface area (Å²) in [6, 6.07) is 0. The molecule has 8 atom stereocenters. The van der Waals surface area contributed by atoms with Gasteiger partial charge in [0.2, 0.25) is 0 Å². The maximum absolute atomic E-state index is 6.16. The molecule has 78 valence electrons. The molecule has 0 radical (unpaired) electrons. The van der Waals surface area contributed by atoms with Crippen molar-refractivity contribution >= 4 is 0 Å². The van der Waals surface area contributed by atoms with E-state index in [4.69, 9.17) is 9.47 Å². The third-order valence-electron chi connectivity index (χ3n) is 5.33. The number of hydrogen-bond acceptors (Lipinski definition) is 2. The molecule has 4 aliphatic heterocycles. The van der Waals surface area contributed by atoms with Gasteiger partial charge in [0.1, 0.15) is 0 Å². The highest BCUT2D eigenvalue weighted by Gasteiger charge is 2.66. The molecule has 2 nitrogen and oxygen atoms in total. The number of fused-ring (bicyclic) bond motifs is 9. The van der Waals surface area contributed by atoms with Crippen LogP contribution in [-0.4, -0.2) is 24.4 Å². The first-order chi connectivity index (χ1) is 6.77. The van der Waals surface area contributed by atoms with E-state index in [0.717, 1.165) is 23.7 Å². The lowest BCUT2D eigenvalue weighted by molar-refractivity contribution is -0.0000695. The van der Waals surface area contributed by atoms with Gasteiger partial charge in [-0.05, 0) is 24.7 Å². The summed E-state index contributed by atoms with van der Waals surface area (Å²) in [6.45, 7) is 4.72. The molecule has 4 aliphatic rings. The smallest absolute Gasteiger partial charge is 0.0665 e. The summed E-state index contributed by atoms with van der Waals surface area (Å²) in [7, 11) is 0. The lowest BCUT2D eigenvalue weighted by atomic mass is 9.64. The topological polar surface area (TPSA) is 18.5 Å². The van der Waals surface area contributed by atoms with E-state index in [0.29, 0.717) is 24.4 Å². The van der Waals surface area contributed by atoms with Gasteiger partial charge in [-0.25, -0.2) is 0 Å². The van der Waals surface area contributed by atoms with E-state index in [2.05, 4.69) is 13.8 Å². The summed E-state index contributed by atoms with van der Waals surface area (Å²) in [5, 5.41) is 0. The van der Waals surface area contributed by atoms with Crippen molar-refractivity contribution in [3.8, 4) is 0 Å². The van der Waals surface area contributed by atoms with Crippen LogP contribution in [0.1, 0.15) is 26.7 Å². The van der Waals surface area contributed by atoms with E-state index in [1.807, 2.05) is 0 Å². The quantitative estimate of drug-likeness (QED) is 0.585. The average Bonchev–Trinajstić information content (AvgIpc) is 2.87. The predicted molar refractivity (Wildman–Crippen MR) is 51.9 cm³/mol. The first-order valence-corrected chi connectivity index (χ1v) is 6.08. The molecule has 4 rings (SSSR count). The van der Waals surface area contributed by atoms with Gasteiger partial charge in [-0.15, -0.1) is 0 Å². The molecule has 0 saturated carbocycles. The lowest BCUT2D eigenvalue weighted by Gasteiger charge is -2.35. The fourth-order valence-corrected chi connectivity index (χ4v) is 4.52. The second-order valence-electron chi connectivity index (χ2n) is 5.73. The molecule has 4 saturated heterocycles. The molecule has 0 aromatic rings. The zero-order chi connectivity index (χ0) is 9.45. The van der Waals surface area contributed by atoms with Crippen molar-refractivity contribution in [2.45, 2.75) is 51.1 Å². The lowest BCUT2D eigenvalue weighted by Crippen LogP contribution is -2.43. The Morgan fingerprint density at radius 2 is 1.29 bits per heavy atom. The monoisotopic (exact) mass is 194 g/mol. The van der Waals surface area contributed by atoms with Crippen LogP contribution in [0.3, 0.4) is 0 Å². The summed E-state index contributed by atoms with van der Waals surface area (Å²) in [4.78, 5) is 0. The third-order valence-corrected chi connectivity index (χ3v) is 5.33. The second-order valence-corrected chi connectivity index (χ2v) is 5.73. The third kappa shape index (κ3) is 0.704. The SMILES string of the molecule is CC1C(C)C2OC1C1C3CCC(O3)C21. The fourth-order valence-electron chi connectivity index (χ4n) is 4.52. The standard InChI is InChI=1S/C12H18O2/c1-5-6(2)12-10-8-4-3-7(13-8)9(10)11(5)14-12/h5-12H,3-4H2,1-2H3. The van der Waals surface area contributed by atoms with Gasteiger partial charge in [0, 0.05) is 11.8 Å². The maximum Gasteiger partial charge on any atom is 0.0665 e. The Balaban J connectivity index is 1.74. The van der Waals surface area contributed by atoms with Gasteiger partial charge < -0.3 is 9.47 Å². The van der Waals surface area contributed by atoms with Gasteiger partial charge >= 0.3 is 0 Å². The van der Waals surface area contributed by atoms with Crippen molar-refractivity contribution < 1.29 is 9.47 Å². The van der Waals surface area contributed by atoms with Gasteiger partial charge in [0.15, 0.2) is 0 Å². The normalized spacial score (nSPS) is 69.0. The molecule has 0 amide bonds. The first kappa shape index (κ1) is 8.12. The maximum atomic E-state index is 6.16. The van der Waals surface area contributed by atoms with Gasteiger partial charge in [0.05, 0.1) is 24.4 Å². The van der Waals surface area contributed by atoms with Crippen molar-refractivity contribution in [2.24, 2.45) is 23.7 Å². The van der Waals surface area contributed by atoms with E-state index in [1.165, 1.54) is 12.8 Å². The molecular formula is C12H18O2. The molecule has 0 N–H and O–H groups in total. The van der Waals surface area contributed by atoms with Crippen LogP contribution in [-0.2, 0) is 9.47 Å². The Morgan fingerprint density at radius 3 is 1.79 bits per heavy atom. The van der Waals surface area contributed by atoms with Gasteiger partial charge in [0.25, 0.3) is 0 Å². The van der Waals surface area contributed by atoms with E-state index >= 15 is 0 Å². The number of ether oxygens (including phenoxy) is 2. The number of hydrogen-bond donors (Lipinski definition) is 0. The first-order valence-electron chi connectivity index (χ1n) is 6.08. The Labute approximate surface area is 85.0 Å². The minimum atomic E-state index is 0.523. The highest BCUT2D eigenvalue weighted by molar-refractivity contribution is 5.12. The predicted octanol–water partition coefficient (Wildman–Crippen LogP) is 1.83. The Bertz CT molecular complexity index is 251. The van der Waals surface area contributed by atoms with Crippen LogP contribution in [0.4, 0.5) is 0 Å². The molecule has 4 heterocycles. The highest BCUT2D eigenvalue weighted by Crippen LogP contribution is 2.60. The van der Waals surface area contributed by atoms with Crippen molar-refractivity contribution in [1.82, 2.24) is 0 Å². The Hall–Kier alpha value is -0.0800. The molecule has 0 aromatic carbocycles. The molecule has 14 heavy (non-hydrogen) atoms. The molecule has 4 bridgehead atoms. The molecule has 0 spiro atoms. The average molecular weight is 194 g/mol. The minimum Gasteiger partial charge on any atom is -0.374 e. The largest absolute Gasteiger partial charge is 0.374 e. The van der Waals surface area contributed by atoms with Crippen molar-refractivity contribution in [3.05, 3.63) is 0 Å². The summed E-state index contributed by atoms with van der Waals surface area (Å²) in [5.41, 5.74) is 0. The molecule has 8 unspecified atom stereocenters. The summed E-state index contributed by atoms with van der Waals surface area (Å²) in [5.74, 6) is 3.02. The van der Waals surface area contributed by atoms with Crippen LogP contribution in [0, 0.1) is 23.7 Å². The molecular weight excluding hydrogens is 176 g/mol. The summed E-state index contributed by atoms with van der Waals surface area (Å²) in [6.07, 6.45) is 4.73. The summed E-state index contributed by atoms with van der Waals surface area (Å²) >= 11 is 0. The van der Waals surface area contributed by atoms with Crippen LogP contribution in [0.25, 0.3) is 0 Å². The van der Waals surface area contributed by atoms with Crippen LogP contribution in [0.15, 0.2) is 0 Å². The van der Waals surface area contributed by atoms with Gasteiger partial charge in [-0.3, -0.25) is 0 Å². The van der Waals surface area contributed by atoms with E-state index < -0.39 is 0 Å². The zero-order valence-electron chi connectivity index (χ0n) is 8.85. The Morgan fingerprint density at radius 1 is 0.786 bits per heavy atom. The van der Waals surface area contributed by atoms with E-state index in [1.54, 1.807) is 0 Å².